The van der Waals surface area contributed by atoms with Crippen LogP contribution in [0.5, 0.6) is 0 Å². The lowest BCUT2D eigenvalue weighted by atomic mass is 10.1. The highest BCUT2D eigenvalue weighted by Gasteiger charge is 2.35. The minimum absolute atomic E-state index is 0.00692. The molecule has 1 atom stereocenters. The maximum atomic E-state index is 14.5. The summed E-state index contributed by atoms with van der Waals surface area (Å²) in [6.07, 6.45) is -5.65. The Labute approximate surface area is 233 Å². The van der Waals surface area contributed by atoms with Crippen molar-refractivity contribution in [1.82, 2.24) is 0 Å². The summed E-state index contributed by atoms with van der Waals surface area (Å²) in [6, 6.07) is 29.5. The second-order valence-corrected chi connectivity index (χ2v) is 10.2. The molecule has 39 heavy (non-hydrogen) atoms. The number of rotatable bonds is 7. The van der Waals surface area contributed by atoms with Crippen molar-refractivity contribution in [2.24, 2.45) is 4.99 Å². The number of alkyl halides is 3. The van der Waals surface area contributed by atoms with Gasteiger partial charge in [0, 0.05) is 16.0 Å². The minimum Gasteiger partial charge on any atom is -0.316 e. The molecule has 1 unspecified atom stereocenters. The largest absolute Gasteiger partial charge is 0.390 e. The number of carbonyl (C=O) groups excluding carboxylic acids is 1. The third kappa shape index (κ3) is 8.18. The highest BCUT2D eigenvalue weighted by molar-refractivity contribution is 8.14. The number of carbonyl (C=O) groups is 1. The molecule has 200 valence electrons. The molecule has 0 spiro atoms. The van der Waals surface area contributed by atoms with E-state index in [4.69, 9.17) is 11.6 Å². The molecule has 0 bridgehead atoms. The molecule has 1 amide bonds. The van der Waals surface area contributed by atoms with Gasteiger partial charge in [-0.15, -0.1) is 0 Å². The van der Waals surface area contributed by atoms with Crippen LogP contribution in [0.4, 0.5) is 23.2 Å². The molecule has 0 aliphatic carbocycles. The van der Waals surface area contributed by atoms with Crippen molar-refractivity contribution < 1.29 is 22.4 Å². The van der Waals surface area contributed by atoms with Crippen molar-refractivity contribution in [3.63, 3.8) is 0 Å². The zero-order valence-corrected chi connectivity index (χ0v) is 22.1. The summed E-state index contributed by atoms with van der Waals surface area (Å²) in [7, 11) is 0. The fraction of sp³-hybridized carbons (Fsp3) is 0.133. The van der Waals surface area contributed by atoms with Crippen LogP contribution in [0.2, 0.25) is 5.02 Å². The van der Waals surface area contributed by atoms with Crippen molar-refractivity contribution in [2.45, 2.75) is 24.4 Å². The molecule has 0 saturated carbocycles. The summed E-state index contributed by atoms with van der Waals surface area (Å²) in [4.78, 5) is 19.1. The Hall–Kier alpha value is -3.62. The average Bonchev–Trinajstić information content (AvgIpc) is 2.92. The predicted octanol–water partition coefficient (Wildman–Crippen LogP) is 9.11. The molecule has 4 aromatic carbocycles. The number of hydrogen-bond donors (Lipinski definition) is 0. The number of amides is 1. The topological polar surface area (TPSA) is 32.7 Å². The van der Waals surface area contributed by atoms with E-state index in [9.17, 15) is 22.4 Å². The number of aliphatic imine (C=N–C) groups is 1. The van der Waals surface area contributed by atoms with Gasteiger partial charge in [-0.05, 0) is 47.5 Å². The Bertz CT molecular complexity index is 1410. The summed E-state index contributed by atoms with van der Waals surface area (Å²) >= 11 is 6.90. The Kier molecular flexibility index (Phi) is 9.43. The first-order chi connectivity index (χ1) is 18.7. The van der Waals surface area contributed by atoms with Gasteiger partial charge in [0.2, 0.25) is 0 Å². The molecule has 4 rings (SSSR count). The van der Waals surface area contributed by atoms with E-state index in [-0.39, 0.29) is 17.3 Å². The van der Waals surface area contributed by atoms with Gasteiger partial charge in [-0.2, -0.15) is 18.2 Å². The Balaban J connectivity index is 1.85. The first-order valence-corrected chi connectivity index (χ1v) is 13.2. The summed E-state index contributed by atoms with van der Waals surface area (Å²) in [5.74, 6) is -1.67. The van der Waals surface area contributed by atoms with Gasteiger partial charge in [-0.3, -0.25) is 4.79 Å². The monoisotopic (exact) mass is 570 g/mol. The summed E-state index contributed by atoms with van der Waals surface area (Å²) < 4.78 is 55.7. The van der Waals surface area contributed by atoms with Crippen molar-refractivity contribution >= 4 is 40.1 Å². The lowest BCUT2D eigenvalue weighted by Gasteiger charge is -2.29. The maximum absolute atomic E-state index is 14.5. The molecule has 0 radical (unpaired) electrons. The van der Waals surface area contributed by atoms with Gasteiger partial charge < -0.3 is 4.90 Å². The van der Waals surface area contributed by atoms with Crippen LogP contribution in [-0.2, 0) is 6.54 Å². The van der Waals surface area contributed by atoms with Gasteiger partial charge in [0.1, 0.15) is 5.82 Å². The van der Waals surface area contributed by atoms with Crippen molar-refractivity contribution in [2.75, 3.05) is 4.90 Å². The molecule has 4 aromatic rings. The summed E-state index contributed by atoms with van der Waals surface area (Å²) in [5.41, 5.74) is 1.51. The number of amidine groups is 1. The van der Waals surface area contributed by atoms with Crippen LogP contribution in [0.25, 0.3) is 0 Å². The van der Waals surface area contributed by atoms with Crippen LogP contribution < -0.4 is 4.90 Å². The van der Waals surface area contributed by atoms with Gasteiger partial charge in [0.05, 0.1) is 18.5 Å². The molecule has 0 aliphatic heterocycles. The van der Waals surface area contributed by atoms with Gasteiger partial charge >= 0.3 is 6.18 Å². The van der Waals surface area contributed by atoms with Crippen LogP contribution in [0, 0.1) is 5.82 Å². The number of benzene rings is 4. The quantitative estimate of drug-likeness (QED) is 0.126. The van der Waals surface area contributed by atoms with Crippen LogP contribution in [0.1, 0.15) is 33.2 Å². The first-order valence-electron chi connectivity index (χ1n) is 11.9. The number of anilines is 1. The standard InChI is InChI=1S/C30H23ClF4N2OS/c31-23-15-17-24(18-16-23)37(20-21-9-3-1-4-10-21)29(36-28(38)25-13-7-8-14-26(25)32)39-27(19-30(33,34)35)22-11-5-2-6-12-22/h1-18,27H,19-20H2. The van der Waals surface area contributed by atoms with Crippen LogP contribution >= 0.6 is 23.4 Å². The molecule has 0 fully saturated rings. The van der Waals surface area contributed by atoms with Crippen LogP contribution in [-0.4, -0.2) is 17.3 Å². The minimum atomic E-state index is -4.49. The van der Waals surface area contributed by atoms with Gasteiger partial charge in [0.15, 0.2) is 5.17 Å². The third-order valence-electron chi connectivity index (χ3n) is 5.69. The number of nitrogens with zero attached hydrogens (tertiary/aromatic N) is 2. The van der Waals surface area contributed by atoms with E-state index in [0.29, 0.717) is 16.3 Å². The van der Waals surface area contributed by atoms with E-state index in [0.717, 1.165) is 23.4 Å². The van der Waals surface area contributed by atoms with Crippen molar-refractivity contribution in [3.05, 3.63) is 137 Å². The lowest BCUT2D eigenvalue weighted by Crippen LogP contribution is -2.30. The Morgan fingerprint density at radius 3 is 2.05 bits per heavy atom. The van der Waals surface area contributed by atoms with E-state index in [1.807, 2.05) is 30.3 Å². The highest BCUT2D eigenvalue weighted by Crippen LogP contribution is 2.41. The van der Waals surface area contributed by atoms with E-state index in [1.165, 1.54) is 18.2 Å². The van der Waals surface area contributed by atoms with Gasteiger partial charge in [-0.1, -0.05) is 96.2 Å². The van der Waals surface area contributed by atoms with Gasteiger partial charge in [0.25, 0.3) is 5.91 Å². The molecule has 9 heteroatoms. The third-order valence-corrected chi connectivity index (χ3v) is 7.19. The van der Waals surface area contributed by atoms with Crippen molar-refractivity contribution in [3.8, 4) is 0 Å². The van der Waals surface area contributed by atoms with E-state index >= 15 is 0 Å². The zero-order chi connectivity index (χ0) is 27.8. The van der Waals surface area contributed by atoms with Crippen LogP contribution in [0.15, 0.2) is 114 Å². The van der Waals surface area contributed by atoms with E-state index in [1.54, 1.807) is 59.5 Å². The normalized spacial score (nSPS) is 12.7. The van der Waals surface area contributed by atoms with Crippen molar-refractivity contribution in [1.29, 1.82) is 0 Å². The molecular weight excluding hydrogens is 548 g/mol. The van der Waals surface area contributed by atoms with Crippen LogP contribution in [0.3, 0.4) is 0 Å². The van der Waals surface area contributed by atoms with E-state index < -0.39 is 29.6 Å². The highest BCUT2D eigenvalue weighted by atomic mass is 35.5. The predicted molar refractivity (Wildman–Crippen MR) is 150 cm³/mol. The Morgan fingerprint density at radius 2 is 1.44 bits per heavy atom. The fourth-order valence-corrected chi connectivity index (χ4v) is 5.20. The van der Waals surface area contributed by atoms with Gasteiger partial charge in [-0.25, -0.2) is 4.39 Å². The maximum Gasteiger partial charge on any atom is 0.390 e. The fourth-order valence-electron chi connectivity index (χ4n) is 3.82. The number of thioether (sulfide) groups is 1. The molecule has 0 saturated heterocycles. The molecule has 0 heterocycles. The number of halogens is 5. The molecular formula is C30H23ClF4N2OS. The molecule has 0 N–H and O–H groups in total. The summed E-state index contributed by atoms with van der Waals surface area (Å²) in [6.45, 7) is 0.187. The zero-order valence-electron chi connectivity index (χ0n) is 20.5. The SMILES string of the molecule is O=C(N=C(SC(CC(F)(F)F)c1ccccc1)N(Cc1ccccc1)c1ccc(Cl)cc1)c1ccccc1F. The second kappa shape index (κ2) is 13.0. The molecule has 0 aromatic heterocycles. The summed E-state index contributed by atoms with van der Waals surface area (Å²) in [5, 5.41) is -0.664. The second-order valence-electron chi connectivity index (χ2n) is 8.56. The first kappa shape index (κ1) is 28.4. The lowest BCUT2D eigenvalue weighted by molar-refractivity contribution is -0.134. The average molecular weight is 571 g/mol. The number of hydrogen-bond acceptors (Lipinski definition) is 2. The Morgan fingerprint density at radius 1 is 0.846 bits per heavy atom. The van der Waals surface area contributed by atoms with E-state index in [2.05, 4.69) is 4.99 Å². The molecule has 0 aliphatic rings. The molecule has 3 nitrogen and oxygen atoms in total. The smallest absolute Gasteiger partial charge is 0.316 e.